The quantitative estimate of drug-likeness (QED) is 0.743. The standard InChI is InChI=1S/C16H12ClNO3/c17-12-7-8-14-13(10-12)18(16(20)21-14)15(19)9-6-11-4-2-1-3-5-11/h1-5,7-8,10H,6,9H2. The number of benzene rings is 2. The summed E-state index contributed by atoms with van der Waals surface area (Å²) in [5.41, 5.74) is 1.81. The average molecular weight is 302 g/mol. The van der Waals surface area contributed by atoms with Gasteiger partial charge in [0.15, 0.2) is 5.58 Å². The summed E-state index contributed by atoms with van der Waals surface area (Å²) < 4.78 is 6.10. The number of hydrogen-bond donors (Lipinski definition) is 0. The van der Waals surface area contributed by atoms with Crippen molar-refractivity contribution in [3.05, 3.63) is 69.7 Å². The molecule has 0 bridgehead atoms. The summed E-state index contributed by atoms with van der Waals surface area (Å²) in [5, 5.41) is 0.452. The van der Waals surface area contributed by atoms with Crippen LogP contribution in [0.2, 0.25) is 5.02 Å². The van der Waals surface area contributed by atoms with E-state index in [4.69, 9.17) is 16.0 Å². The smallest absolute Gasteiger partial charge is 0.407 e. The van der Waals surface area contributed by atoms with Crippen LogP contribution in [0.25, 0.3) is 11.1 Å². The molecule has 2 aromatic carbocycles. The molecule has 106 valence electrons. The Morgan fingerprint density at radius 2 is 1.90 bits per heavy atom. The topological polar surface area (TPSA) is 52.2 Å². The Balaban J connectivity index is 1.89. The third kappa shape index (κ3) is 2.76. The van der Waals surface area contributed by atoms with E-state index >= 15 is 0 Å². The van der Waals surface area contributed by atoms with Crippen molar-refractivity contribution in [2.24, 2.45) is 0 Å². The van der Waals surface area contributed by atoms with E-state index in [0.29, 0.717) is 22.5 Å². The van der Waals surface area contributed by atoms with Gasteiger partial charge in [0.25, 0.3) is 0 Å². The highest BCUT2D eigenvalue weighted by atomic mass is 35.5. The number of fused-ring (bicyclic) bond motifs is 1. The van der Waals surface area contributed by atoms with Crippen LogP contribution in [0, 0.1) is 0 Å². The Morgan fingerprint density at radius 1 is 1.14 bits per heavy atom. The van der Waals surface area contributed by atoms with Crippen LogP contribution in [-0.2, 0) is 6.42 Å². The molecule has 4 nitrogen and oxygen atoms in total. The Labute approximate surface area is 125 Å². The van der Waals surface area contributed by atoms with Gasteiger partial charge in [-0.1, -0.05) is 41.9 Å². The fourth-order valence-electron chi connectivity index (χ4n) is 2.23. The molecule has 0 N–H and O–H groups in total. The summed E-state index contributed by atoms with van der Waals surface area (Å²) in [5.74, 6) is -0.977. The van der Waals surface area contributed by atoms with Crippen LogP contribution >= 0.6 is 11.6 Å². The molecule has 1 aromatic heterocycles. The van der Waals surface area contributed by atoms with Crippen molar-refractivity contribution in [2.75, 3.05) is 0 Å². The lowest BCUT2D eigenvalue weighted by molar-refractivity contribution is 0.0899. The third-order valence-electron chi connectivity index (χ3n) is 3.26. The first-order valence-electron chi connectivity index (χ1n) is 6.53. The van der Waals surface area contributed by atoms with Crippen molar-refractivity contribution < 1.29 is 9.21 Å². The predicted molar refractivity (Wildman–Crippen MR) is 80.9 cm³/mol. The van der Waals surface area contributed by atoms with Gasteiger partial charge in [0.1, 0.15) is 0 Å². The van der Waals surface area contributed by atoms with E-state index in [-0.39, 0.29) is 12.3 Å². The van der Waals surface area contributed by atoms with E-state index < -0.39 is 5.76 Å². The monoisotopic (exact) mass is 301 g/mol. The maximum absolute atomic E-state index is 12.3. The summed E-state index contributed by atoms with van der Waals surface area (Å²) in [4.78, 5) is 24.1. The number of carbonyl (C=O) groups excluding carboxylic acids is 1. The number of rotatable bonds is 3. The molecule has 0 aliphatic carbocycles. The average Bonchev–Trinajstić information content (AvgIpc) is 2.81. The van der Waals surface area contributed by atoms with Crippen molar-refractivity contribution in [3.8, 4) is 0 Å². The van der Waals surface area contributed by atoms with Crippen LogP contribution in [0.15, 0.2) is 57.7 Å². The molecule has 0 unspecified atom stereocenters. The van der Waals surface area contributed by atoms with Crippen molar-refractivity contribution in [3.63, 3.8) is 0 Å². The molecule has 0 radical (unpaired) electrons. The SMILES string of the molecule is O=C(CCc1ccccc1)n1c(=O)oc2ccc(Cl)cc21. The van der Waals surface area contributed by atoms with Gasteiger partial charge in [0, 0.05) is 11.4 Å². The summed E-state index contributed by atoms with van der Waals surface area (Å²) in [7, 11) is 0. The highest BCUT2D eigenvalue weighted by molar-refractivity contribution is 6.31. The number of aryl methyl sites for hydroxylation is 1. The van der Waals surface area contributed by atoms with Crippen LogP contribution in [-0.4, -0.2) is 10.5 Å². The number of nitrogens with zero attached hydrogens (tertiary/aromatic N) is 1. The van der Waals surface area contributed by atoms with Gasteiger partial charge in [-0.05, 0) is 30.2 Å². The zero-order valence-corrected chi connectivity index (χ0v) is 11.8. The molecule has 0 saturated carbocycles. The van der Waals surface area contributed by atoms with Crippen LogP contribution < -0.4 is 5.76 Å². The van der Waals surface area contributed by atoms with Crippen LogP contribution in [0.5, 0.6) is 0 Å². The molecule has 0 amide bonds. The number of hydrogen-bond acceptors (Lipinski definition) is 3. The van der Waals surface area contributed by atoms with E-state index in [1.54, 1.807) is 18.2 Å². The summed E-state index contributed by atoms with van der Waals surface area (Å²) in [6, 6.07) is 14.4. The molecular formula is C16H12ClNO3. The minimum atomic E-state index is -0.676. The maximum Gasteiger partial charge on any atom is 0.426 e. The van der Waals surface area contributed by atoms with Crippen molar-refractivity contribution in [2.45, 2.75) is 12.8 Å². The first kappa shape index (κ1) is 13.6. The largest absolute Gasteiger partial charge is 0.426 e. The number of oxazole rings is 1. The lowest BCUT2D eigenvalue weighted by atomic mass is 10.1. The fraction of sp³-hybridized carbons (Fsp3) is 0.125. The Bertz CT molecular complexity index is 849. The molecule has 0 fully saturated rings. The molecule has 21 heavy (non-hydrogen) atoms. The van der Waals surface area contributed by atoms with E-state index in [2.05, 4.69) is 0 Å². The summed E-state index contributed by atoms with van der Waals surface area (Å²) >= 11 is 5.91. The Kier molecular flexibility index (Phi) is 3.62. The van der Waals surface area contributed by atoms with Gasteiger partial charge in [-0.3, -0.25) is 4.79 Å². The van der Waals surface area contributed by atoms with Crippen LogP contribution in [0.1, 0.15) is 16.8 Å². The van der Waals surface area contributed by atoms with Gasteiger partial charge in [0.05, 0.1) is 5.52 Å². The minimum Gasteiger partial charge on any atom is -0.407 e. The highest BCUT2D eigenvalue weighted by Gasteiger charge is 2.16. The van der Waals surface area contributed by atoms with Crippen molar-refractivity contribution >= 4 is 28.6 Å². The first-order valence-corrected chi connectivity index (χ1v) is 6.91. The molecule has 3 rings (SSSR count). The van der Waals surface area contributed by atoms with E-state index in [1.165, 1.54) is 0 Å². The van der Waals surface area contributed by atoms with Gasteiger partial charge in [-0.2, -0.15) is 0 Å². The zero-order chi connectivity index (χ0) is 14.8. The fourth-order valence-corrected chi connectivity index (χ4v) is 2.40. The Morgan fingerprint density at radius 3 is 2.67 bits per heavy atom. The van der Waals surface area contributed by atoms with Gasteiger partial charge < -0.3 is 4.42 Å². The predicted octanol–water partition coefficient (Wildman–Crippen LogP) is 3.52. The van der Waals surface area contributed by atoms with E-state index in [0.717, 1.165) is 10.1 Å². The normalized spacial score (nSPS) is 10.9. The zero-order valence-electron chi connectivity index (χ0n) is 11.1. The van der Waals surface area contributed by atoms with Crippen molar-refractivity contribution in [1.29, 1.82) is 0 Å². The number of carbonyl (C=O) groups is 1. The molecule has 5 heteroatoms. The molecule has 0 spiro atoms. The minimum absolute atomic E-state index is 0.227. The lowest BCUT2D eigenvalue weighted by Gasteiger charge is -2.02. The van der Waals surface area contributed by atoms with Gasteiger partial charge in [-0.15, -0.1) is 0 Å². The second-order valence-electron chi connectivity index (χ2n) is 4.69. The Hall–Kier alpha value is -2.33. The lowest BCUT2D eigenvalue weighted by Crippen LogP contribution is -2.22. The van der Waals surface area contributed by atoms with E-state index in [1.807, 2.05) is 30.3 Å². The first-order chi connectivity index (χ1) is 10.1. The third-order valence-corrected chi connectivity index (χ3v) is 3.50. The van der Waals surface area contributed by atoms with Crippen LogP contribution in [0.4, 0.5) is 0 Å². The van der Waals surface area contributed by atoms with Gasteiger partial charge >= 0.3 is 5.76 Å². The maximum atomic E-state index is 12.3. The van der Waals surface area contributed by atoms with E-state index in [9.17, 15) is 9.59 Å². The highest BCUT2D eigenvalue weighted by Crippen LogP contribution is 2.19. The van der Waals surface area contributed by atoms with Crippen molar-refractivity contribution in [1.82, 2.24) is 4.57 Å². The molecule has 0 aliphatic rings. The molecule has 0 saturated heterocycles. The number of halogens is 1. The molecular weight excluding hydrogens is 290 g/mol. The van der Waals surface area contributed by atoms with Crippen LogP contribution in [0.3, 0.4) is 0 Å². The summed E-state index contributed by atoms with van der Waals surface area (Å²) in [6.07, 6.45) is 0.796. The summed E-state index contributed by atoms with van der Waals surface area (Å²) in [6.45, 7) is 0. The molecule has 1 heterocycles. The molecule has 3 aromatic rings. The second-order valence-corrected chi connectivity index (χ2v) is 5.13. The molecule has 0 atom stereocenters. The molecule has 0 aliphatic heterocycles. The second kappa shape index (κ2) is 5.58. The number of aromatic nitrogens is 1. The van der Waals surface area contributed by atoms with Gasteiger partial charge in [-0.25, -0.2) is 9.36 Å². The van der Waals surface area contributed by atoms with Gasteiger partial charge in [0.2, 0.25) is 5.91 Å².